The summed E-state index contributed by atoms with van der Waals surface area (Å²) in [6.45, 7) is 4.38. The fraction of sp³-hybridized carbons (Fsp3) is 0.412. The van der Waals surface area contributed by atoms with Gasteiger partial charge < -0.3 is 14.4 Å². The number of rotatable bonds is 7. The molecule has 0 heterocycles. The van der Waals surface area contributed by atoms with E-state index in [2.05, 4.69) is 4.74 Å². The van der Waals surface area contributed by atoms with Gasteiger partial charge in [-0.1, -0.05) is 18.6 Å². The zero-order chi connectivity index (χ0) is 16.5. The predicted octanol–water partition coefficient (Wildman–Crippen LogP) is 2.43. The first-order chi connectivity index (χ1) is 10.5. The number of hydrogen-bond donors (Lipinski definition) is 0. The molecule has 0 aromatic heterocycles. The lowest BCUT2D eigenvalue weighted by molar-refractivity contribution is -0.145. The first-order valence-electron chi connectivity index (χ1n) is 7.20. The number of carbonyl (C=O) groups is 2. The van der Waals surface area contributed by atoms with Gasteiger partial charge in [0, 0.05) is 18.2 Å². The van der Waals surface area contributed by atoms with E-state index >= 15 is 0 Å². The zero-order valence-electron chi connectivity index (χ0n) is 13.6. The molecule has 1 amide bonds. The van der Waals surface area contributed by atoms with E-state index in [4.69, 9.17) is 4.74 Å². The number of hydrogen-bond acceptors (Lipinski definition) is 4. The Morgan fingerprint density at radius 2 is 2.00 bits per heavy atom. The molecular weight excluding hydrogens is 282 g/mol. The van der Waals surface area contributed by atoms with Crippen LogP contribution in [-0.4, -0.2) is 44.1 Å². The van der Waals surface area contributed by atoms with Gasteiger partial charge in [0.2, 0.25) is 5.91 Å². The van der Waals surface area contributed by atoms with Crippen LogP contribution in [0, 0.1) is 6.92 Å². The van der Waals surface area contributed by atoms with Gasteiger partial charge in [0.05, 0.1) is 14.2 Å². The third kappa shape index (κ3) is 5.24. The highest BCUT2D eigenvalue weighted by Gasteiger charge is 2.14. The minimum Gasteiger partial charge on any atom is -0.496 e. The van der Waals surface area contributed by atoms with Gasteiger partial charge >= 0.3 is 5.97 Å². The molecule has 120 valence electrons. The Kier molecular flexibility index (Phi) is 7.16. The molecular formula is C17H23NO4. The van der Waals surface area contributed by atoms with Crippen molar-refractivity contribution in [3.63, 3.8) is 0 Å². The number of ether oxygens (including phenoxy) is 2. The van der Waals surface area contributed by atoms with Crippen molar-refractivity contribution >= 4 is 18.0 Å². The lowest BCUT2D eigenvalue weighted by atomic mass is 10.1. The van der Waals surface area contributed by atoms with Crippen LogP contribution in [0.2, 0.25) is 0 Å². The average molecular weight is 305 g/mol. The normalized spacial score (nSPS) is 10.5. The van der Waals surface area contributed by atoms with Crippen LogP contribution in [0.25, 0.3) is 6.08 Å². The molecule has 1 rings (SSSR count). The van der Waals surface area contributed by atoms with E-state index in [1.165, 1.54) is 18.1 Å². The van der Waals surface area contributed by atoms with E-state index in [-0.39, 0.29) is 12.5 Å². The second-order valence-corrected chi connectivity index (χ2v) is 4.91. The third-order valence-electron chi connectivity index (χ3n) is 3.14. The summed E-state index contributed by atoms with van der Waals surface area (Å²) in [5.74, 6) is 0.0452. The summed E-state index contributed by atoms with van der Waals surface area (Å²) in [4.78, 5) is 25.1. The summed E-state index contributed by atoms with van der Waals surface area (Å²) in [7, 11) is 2.90. The van der Waals surface area contributed by atoms with Gasteiger partial charge in [-0.3, -0.25) is 9.59 Å². The lowest BCUT2D eigenvalue weighted by Crippen LogP contribution is -2.35. The van der Waals surface area contributed by atoms with Crippen LogP contribution in [-0.2, 0) is 14.3 Å². The van der Waals surface area contributed by atoms with Crippen molar-refractivity contribution in [1.29, 1.82) is 0 Å². The monoisotopic (exact) mass is 305 g/mol. The molecule has 0 bridgehead atoms. The van der Waals surface area contributed by atoms with E-state index in [1.807, 2.05) is 32.0 Å². The number of amides is 1. The Morgan fingerprint density at radius 1 is 1.27 bits per heavy atom. The molecule has 0 spiro atoms. The number of aryl methyl sites for hydroxylation is 1. The maximum Gasteiger partial charge on any atom is 0.325 e. The molecule has 0 saturated carbocycles. The molecule has 1 aromatic carbocycles. The van der Waals surface area contributed by atoms with Gasteiger partial charge in [-0.25, -0.2) is 0 Å². The van der Waals surface area contributed by atoms with E-state index in [0.717, 1.165) is 17.5 Å². The number of nitrogens with zero attached hydrogens (tertiary/aromatic N) is 1. The van der Waals surface area contributed by atoms with Gasteiger partial charge in [0.25, 0.3) is 0 Å². The van der Waals surface area contributed by atoms with Crippen molar-refractivity contribution in [2.24, 2.45) is 0 Å². The molecule has 0 unspecified atom stereocenters. The minimum absolute atomic E-state index is 0.0432. The van der Waals surface area contributed by atoms with Crippen molar-refractivity contribution in [3.05, 3.63) is 35.4 Å². The minimum atomic E-state index is -0.427. The van der Waals surface area contributed by atoms with Gasteiger partial charge in [-0.2, -0.15) is 0 Å². The summed E-state index contributed by atoms with van der Waals surface area (Å²) in [5, 5.41) is 0. The Labute approximate surface area is 131 Å². The highest BCUT2D eigenvalue weighted by atomic mass is 16.5. The fourth-order valence-electron chi connectivity index (χ4n) is 2.01. The van der Waals surface area contributed by atoms with Crippen molar-refractivity contribution < 1.29 is 19.1 Å². The SMILES string of the molecule is CCCN(CC(=O)OC)C(=O)/C=C/c1cc(C)ccc1OC. The summed E-state index contributed by atoms with van der Waals surface area (Å²) >= 11 is 0. The van der Waals surface area contributed by atoms with Gasteiger partial charge in [-0.15, -0.1) is 0 Å². The number of esters is 1. The van der Waals surface area contributed by atoms with E-state index < -0.39 is 5.97 Å². The van der Waals surface area contributed by atoms with Gasteiger partial charge in [0.15, 0.2) is 0 Å². The highest BCUT2D eigenvalue weighted by molar-refractivity contribution is 5.94. The quantitative estimate of drug-likeness (QED) is 0.573. The van der Waals surface area contributed by atoms with Crippen LogP contribution < -0.4 is 4.74 Å². The van der Waals surface area contributed by atoms with E-state index in [0.29, 0.717) is 12.3 Å². The molecule has 0 aliphatic heterocycles. The van der Waals surface area contributed by atoms with Gasteiger partial charge in [0.1, 0.15) is 12.3 Å². The van der Waals surface area contributed by atoms with Crippen molar-refractivity contribution in [2.45, 2.75) is 20.3 Å². The fourth-order valence-corrected chi connectivity index (χ4v) is 2.01. The smallest absolute Gasteiger partial charge is 0.325 e. The molecule has 0 saturated heterocycles. The van der Waals surface area contributed by atoms with E-state index in [9.17, 15) is 9.59 Å². The Balaban J connectivity index is 2.88. The van der Waals surface area contributed by atoms with Crippen LogP contribution in [0.3, 0.4) is 0 Å². The molecule has 0 N–H and O–H groups in total. The molecule has 1 aromatic rings. The topological polar surface area (TPSA) is 55.8 Å². The molecule has 5 heteroatoms. The Bertz CT molecular complexity index is 552. The number of carbonyl (C=O) groups excluding carboxylic acids is 2. The molecule has 22 heavy (non-hydrogen) atoms. The van der Waals surface area contributed by atoms with Crippen molar-refractivity contribution in [3.8, 4) is 5.75 Å². The summed E-state index contributed by atoms with van der Waals surface area (Å²) in [6.07, 6.45) is 3.92. The first-order valence-corrected chi connectivity index (χ1v) is 7.20. The summed E-state index contributed by atoms with van der Waals surface area (Å²) < 4.78 is 9.89. The third-order valence-corrected chi connectivity index (χ3v) is 3.14. The van der Waals surface area contributed by atoms with E-state index in [1.54, 1.807) is 13.2 Å². The average Bonchev–Trinajstić information content (AvgIpc) is 2.52. The Hall–Kier alpha value is -2.30. The van der Waals surface area contributed by atoms with Crippen LogP contribution in [0.5, 0.6) is 5.75 Å². The molecule has 5 nitrogen and oxygen atoms in total. The maximum atomic E-state index is 12.2. The molecule has 0 aliphatic carbocycles. The van der Waals surface area contributed by atoms with Crippen LogP contribution in [0.4, 0.5) is 0 Å². The predicted molar refractivity (Wildman–Crippen MR) is 85.7 cm³/mol. The standard InChI is InChI=1S/C17H23NO4/c1-5-10-18(12-17(20)22-4)16(19)9-7-14-11-13(2)6-8-15(14)21-3/h6-9,11H,5,10,12H2,1-4H3/b9-7+. The van der Waals surface area contributed by atoms with Crippen LogP contribution >= 0.6 is 0 Å². The van der Waals surface area contributed by atoms with Gasteiger partial charge in [-0.05, 0) is 31.6 Å². The Morgan fingerprint density at radius 3 is 2.59 bits per heavy atom. The largest absolute Gasteiger partial charge is 0.496 e. The maximum absolute atomic E-state index is 12.2. The molecule has 0 atom stereocenters. The number of benzene rings is 1. The zero-order valence-corrected chi connectivity index (χ0v) is 13.6. The molecule has 0 aliphatic rings. The number of methoxy groups -OCH3 is 2. The lowest BCUT2D eigenvalue weighted by Gasteiger charge is -2.18. The highest BCUT2D eigenvalue weighted by Crippen LogP contribution is 2.21. The van der Waals surface area contributed by atoms with Crippen LogP contribution in [0.1, 0.15) is 24.5 Å². The van der Waals surface area contributed by atoms with Crippen molar-refractivity contribution in [1.82, 2.24) is 4.90 Å². The summed E-state index contributed by atoms with van der Waals surface area (Å²) in [5.41, 5.74) is 1.90. The van der Waals surface area contributed by atoms with Crippen molar-refractivity contribution in [2.75, 3.05) is 27.3 Å². The second kappa shape index (κ2) is 8.87. The van der Waals surface area contributed by atoms with Crippen LogP contribution in [0.15, 0.2) is 24.3 Å². The molecule has 0 fully saturated rings. The second-order valence-electron chi connectivity index (χ2n) is 4.91. The molecule has 0 radical (unpaired) electrons. The first kappa shape index (κ1) is 17.8. The summed E-state index contributed by atoms with van der Waals surface area (Å²) in [6, 6.07) is 5.74.